The molecular weight excluding hydrogens is 342 g/mol. The lowest BCUT2D eigenvalue weighted by molar-refractivity contribution is 0.150. The maximum atomic E-state index is 6.19. The summed E-state index contributed by atoms with van der Waals surface area (Å²) >= 11 is 0. The summed E-state index contributed by atoms with van der Waals surface area (Å²) in [5.74, 6) is 1.84. The highest BCUT2D eigenvalue weighted by Gasteiger charge is 2.11. The van der Waals surface area contributed by atoms with Crippen LogP contribution < -0.4 is 9.47 Å². The summed E-state index contributed by atoms with van der Waals surface area (Å²) < 4.78 is 17.5. The average molecular weight is 378 g/mol. The van der Waals surface area contributed by atoms with E-state index in [1.54, 1.807) is 7.11 Å². The molecule has 1 atom stereocenters. The lowest BCUT2D eigenvalue weighted by Crippen LogP contribution is -2.14. The molecule has 0 N–H and O–H groups in total. The second kappa shape index (κ2) is 13.2. The van der Waals surface area contributed by atoms with Crippen molar-refractivity contribution in [1.82, 2.24) is 0 Å². The molecule has 5 heteroatoms. The Balaban J connectivity index is 2.37. The molecule has 152 valence electrons. The highest BCUT2D eigenvalue weighted by Crippen LogP contribution is 2.29. The van der Waals surface area contributed by atoms with Gasteiger partial charge in [-0.2, -0.15) is 0 Å². The number of hydrogen-bond acceptors (Lipinski definition) is 5. The first-order chi connectivity index (χ1) is 13.0. The third-order valence-electron chi connectivity index (χ3n) is 4.04. The quantitative estimate of drug-likeness (QED) is 0.204. The fourth-order valence-corrected chi connectivity index (χ4v) is 2.72. The lowest BCUT2D eigenvalue weighted by Gasteiger charge is -2.19. The summed E-state index contributed by atoms with van der Waals surface area (Å²) in [4.78, 5) is 4.70. The van der Waals surface area contributed by atoms with E-state index in [0.717, 1.165) is 54.2 Å². The number of allylic oxidation sites excluding steroid dienone is 1. The second-order valence-corrected chi connectivity index (χ2v) is 6.75. The zero-order valence-electron chi connectivity index (χ0n) is 17.7. The Morgan fingerprint density at radius 3 is 2.52 bits per heavy atom. The molecule has 0 radical (unpaired) electrons. The Labute approximate surface area is 164 Å². The molecule has 0 saturated carbocycles. The Morgan fingerprint density at radius 2 is 1.89 bits per heavy atom. The van der Waals surface area contributed by atoms with Gasteiger partial charge in [0, 0.05) is 6.61 Å². The summed E-state index contributed by atoms with van der Waals surface area (Å²) in [6, 6.07) is 4.08. The molecule has 0 amide bonds. The number of hydrogen-bond donors (Lipinski definition) is 0. The molecule has 0 heterocycles. The van der Waals surface area contributed by atoms with Crippen molar-refractivity contribution in [2.24, 2.45) is 5.16 Å². The number of unbranched alkanes of at least 4 members (excludes halogenated alkanes) is 1. The zero-order chi connectivity index (χ0) is 20.1. The molecule has 0 aliphatic heterocycles. The van der Waals surface area contributed by atoms with E-state index in [9.17, 15) is 0 Å². The fourth-order valence-electron chi connectivity index (χ4n) is 2.72. The van der Waals surface area contributed by atoms with Gasteiger partial charge in [0.25, 0.3) is 0 Å². The van der Waals surface area contributed by atoms with Gasteiger partial charge in [-0.05, 0) is 77.1 Å². The maximum Gasteiger partial charge on any atom is 0.125 e. The summed E-state index contributed by atoms with van der Waals surface area (Å²) in [7, 11) is 1.54. The third-order valence-corrected chi connectivity index (χ3v) is 4.04. The largest absolute Gasteiger partial charge is 0.490 e. The van der Waals surface area contributed by atoms with E-state index in [1.165, 1.54) is 0 Å². The summed E-state index contributed by atoms with van der Waals surface area (Å²) in [5, 5.41) is 3.82. The zero-order valence-corrected chi connectivity index (χ0v) is 17.7. The first-order valence-corrected chi connectivity index (χ1v) is 9.64. The summed E-state index contributed by atoms with van der Waals surface area (Å²) in [5.41, 5.74) is 3.06. The van der Waals surface area contributed by atoms with Crippen molar-refractivity contribution in [3.05, 3.63) is 35.4 Å². The van der Waals surface area contributed by atoms with Crippen molar-refractivity contribution < 1.29 is 19.0 Å². The number of oxime groups is 1. The van der Waals surface area contributed by atoms with Gasteiger partial charge in [-0.25, -0.2) is 0 Å². The predicted octanol–water partition coefficient (Wildman–Crippen LogP) is 5.23. The molecule has 0 spiro atoms. The van der Waals surface area contributed by atoms with E-state index in [4.69, 9.17) is 19.0 Å². The number of rotatable bonds is 13. The van der Waals surface area contributed by atoms with Crippen molar-refractivity contribution >= 4 is 5.71 Å². The van der Waals surface area contributed by atoms with Crippen LogP contribution in [0.15, 0.2) is 29.4 Å². The fraction of sp³-hybridized carbons (Fsp3) is 0.591. The van der Waals surface area contributed by atoms with E-state index in [1.807, 2.05) is 38.1 Å². The first kappa shape index (κ1) is 23.0. The van der Waals surface area contributed by atoms with Gasteiger partial charge in [-0.3, -0.25) is 0 Å². The van der Waals surface area contributed by atoms with E-state index >= 15 is 0 Å². The first-order valence-electron chi connectivity index (χ1n) is 9.64. The van der Waals surface area contributed by atoms with Gasteiger partial charge in [0.05, 0.1) is 18.4 Å². The van der Waals surface area contributed by atoms with Crippen molar-refractivity contribution in [2.45, 2.75) is 60.0 Å². The molecule has 27 heavy (non-hydrogen) atoms. The minimum Gasteiger partial charge on any atom is -0.490 e. The molecule has 0 fully saturated rings. The highest BCUT2D eigenvalue weighted by molar-refractivity contribution is 5.82. The standard InChI is InChI=1S/C22H35NO4/c1-7-8-13-26-21-14-17(2)22(18(3)15-21)27-20(5)11-9-10-12-25-16-19(4)23-24-6/h7-8,14-15,20H,9-13,16H2,1-6H3/b8-7+,23-19+. The Hall–Kier alpha value is -2.01. The number of benzene rings is 1. The van der Waals surface area contributed by atoms with Crippen molar-refractivity contribution in [3.8, 4) is 11.5 Å². The Morgan fingerprint density at radius 1 is 1.19 bits per heavy atom. The van der Waals surface area contributed by atoms with Crippen LogP contribution in [0.25, 0.3) is 0 Å². The Bertz CT molecular complexity index is 587. The molecule has 0 aliphatic rings. The van der Waals surface area contributed by atoms with Gasteiger partial charge in [0.1, 0.15) is 25.2 Å². The van der Waals surface area contributed by atoms with E-state index in [-0.39, 0.29) is 6.10 Å². The minimum atomic E-state index is 0.161. The molecule has 0 aliphatic carbocycles. The van der Waals surface area contributed by atoms with Crippen LogP contribution in [0, 0.1) is 13.8 Å². The molecule has 1 unspecified atom stereocenters. The van der Waals surface area contributed by atoms with E-state index in [2.05, 4.69) is 25.9 Å². The van der Waals surface area contributed by atoms with Crippen LogP contribution in [-0.2, 0) is 9.57 Å². The molecule has 0 saturated heterocycles. The predicted molar refractivity (Wildman–Crippen MR) is 111 cm³/mol. The second-order valence-electron chi connectivity index (χ2n) is 6.75. The smallest absolute Gasteiger partial charge is 0.125 e. The average Bonchev–Trinajstić information content (AvgIpc) is 2.61. The molecule has 1 aromatic carbocycles. The molecule has 1 rings (SSSR count). The van der Waals surface area contributed by atoms with Gasteiger partial charge < -0.3 is 19.0 Å². The molecule has 0 bridgehead atoms. The Kier molecular flexibility index (Phi) is 11.3. The van der Waals surface area contributed by atoms with Gasteiger partial charge in [-0.1, -0.05) is 17.3 Å². The van der Waals surface area contributed by atoms with Crippen LogP contribution >= 0.6 is 0 Å². The van der Waals surface area contributed by atoms with Crippen LogP contribution in [0.5, 0.6) is 11.5 Å². The van der Waals surface area contributed by atoms with Gasteiger partial charge in [0.15, 0.2) is 0 Å². The van der Waals surface area contributed by atoms with Crippen LogP contribution in [0.4, 0.5) is 0 Å². The van der Waals surface area contributed by atoms with Crippen molar-refractivity contribution in [3.63, 3.8) is 0 Å². The van der Waals surface area contributed by atoms with Crippen molar-refractivity contribution in [1.29, 1.82) is 0 Å². The van der Waals surface area contributed by atoms with E-state index in [0.29, 0.717) is 13.2 Å². The maximum absolute atomic E-state index is 6.19. The van der Waals surface area contributed by atoms with Crippen LogP contribution in [0.2, 0.25) is 0 Å². The van der Waals surface area contributed by atoms with Gasteiger partial charge in [-0.15, -0.1) is 0 Å². The normalized spacial score (nSPS) is 13.0. The third kappa shape index (κ3) is 9.48. The van der Waals surface area contributed by atoms with Gasteiger partial charge in [0.2, 0.25) is 0 Å². The lowest BCUT2D eigenvalue weighted by atomic mass is 10.1. The number of aryl methyl sites for hydroxylation is 2. The van der Waals surface area contributed by atoms with Gasteiger partial charge >= 0.3 is 0 Å². The number of ether oxygens (including phenoxy) is 3. The topological polar surface area (TPSA) is 49.3 Å². The minimum absolute atomic E-state index is 0.161. The number of nitrogens with zero attached hydrogens (tertiary/aromatic N) is 1. The SMILES string of the molecule is C/C=C/COc1cc(C)c(OC(C)CCCCOC/C(C)=N/OC)c(C)c1. The molecule has 5 nitrogen and oxygen atoms in total. The van der Waals surface area contributed by atoms with Crippen LogP contribution in [-0.4, -0.2) is 38.7 Å². The highest BCUT2D eigenvalue weighted by atomic mass is 16.6. The summed E-state index contributed by atoms with van der Waals surface area (Å²) in [6.07, 6.45) is 7.19. The summed E-state index contributed by atoms with van der Waals surface area (Å²) in [6.45, 7) is 11.9. The van der Waals surface area contributed by atoms with Crippen LogP contribution in [0.1, 0.15) is 51.2 Å². The van der Waals surface area contributed by atoms with Crippen molar-refractivity contribution in [2.75, 3.05) is 26.9 Å². The van der Waals surface area contributed by atoms with Crippen LogP contribution in [0.3, 0.4) is 0 Å². The molecule has 1 aromatic rings. The molecular formula is C22H35NO4. The monoisotopic (exact) mass is 377 g/mol. The van der Waals surface area contributed by atoms with E-state index < -0.39 is 0 Å². The molecule has 0 aromatic heterocycles.